The Labute approximate surface area is 209 Å². The number of carbonyl (C=O) groups is 1. The Morgan fingerprint density at radius 3 is 2.58 bits per heavy atom. The van der Waals surface area contributed by atoms with Crippen LogP contribution in [-0.4, -0.2) is 39.9 Å². The van der Waals surface area contributed by atoms with Crippen molar-refractivity contribution in [1.29, 1.82) is 0 Å². The number of hydrogen-bond acceptors (Lipinski definition) is 8. The van der Waals surface area contributed by atoms with Crippen molar-refractivity contribution in [3.8, 4) is 5.75 Å². The molecule has 1 saturated heterocycles. The summed E-state index contributed by atoms with van der Waals surface area (Å²) in [5, 5.41) is 1.04. The Morgan fingerprint density at radius 2 is 1.91 bits per heavy atom. The molecule has 1 fully saturated rings. The summed E-state index contributed by atoms with van der Waals surface area (Å²) in [5.41, 5.74) is 0.993. The Morgan fingerprint density at radius 1 is 1.12 bits per heavy atom. The van der Waals surface area contributed by atoms with Gasteiger partial charge in [-0.05, 0) is 38.1 Å². The van der Waals surface area contributed by atoms with Crippen molar-refractivity contribution in [1.82, 2.24) is 9.47 Å². The van der Waals surface area contributed by atoms with Crippen LogP contribution in [0, 0.1) is 0 Å². The number of aromatic nitrogens is 1. The van der Waals surface area contributed by atoms with Crippen LogP contribution in [0.15, 0.2) is 51.6 Å². The number of carbonyl (C=O) groups excluding carboxylic acids is 1. The van der Waals surface area contributed by atoms with Gasteiger partial charge in [0.05, 0.1) is 22.4 Å². The van der Waals surface area contributed by atoms with Crippen LogP contribution >= 0.6 is 47.1 Å². The first-order valence-electron chi connectivity index (χ1n) is 10.4. The molecule has 1 amide bonds. The molecule has 0 N–H and O–H groups in total. The maximum absolute atomic E-state index is 13.1. The minimum absolute atomic E-state index is 0.103. The zero-order chi connectivity index (χ0) is 23.7. The second-order valence-electron chi connectivity index (χ2n) is 7.07. The third-order valence-electron chi connectivity index (χ3n) is 5.21. The first kappa shape index (κ1) is 23.9. The van der Waals surface area contributed by atoms with Crippen molar-refractivity contribution in [3.63, 3.8) is 0 Å². The van der Waals surface area contributed by atoms with Crippen LogP contribution in [0.4, 0.5) is 5.69 Å². The van der Waals surface area contributed by atoms with Gasteiger partial charge in [-0.3, -0.25) is 19.1 Å². The van der Waals surface area contributed by atoms with Crippen molar-refractivity contribution in [2.75, 3.05) is 25.1 Å². The highest BCUT2D eigenvalue weighted by atomic mass is 32.2. The maximum atomic E-state index is 13.1. The van der Waals surface area contributed by atoms with Gasteiger partial charge in [-0.15, -0.1) is 17.9 Å². The van der Waals surface area contributed by atoms with Gasteiger partial charge in [0.25, 0.3) is 11.5 Å². The number of allylic oxidation sites excluding steroid dienone is 1. The number of methoxy groups -OCH3 is 1. The highest BCUT2D eigenvalue weighted by Crippen LogP contribution is 2.47. The maximum Gasteiger partial charge on any atom is 0.269 e. The number of anilines is 1. The molecule has 4 rings (SSSR count). The van der Waals surface area contributed by atoms with Gasteiger partial charge in [-0.1, -0.05) is 41.8 Å². The van der Waals surface area contributed by atoms with Crippen LogP contribution in [0.3, 0.4) is 0 Å². The summed E-state index contributed by atoms with van der Waals surface area (Å²) in [6.45, 7) is 9.31. The number of ether oxygens (including phenoxy) is 1. The first-order valence-corrected chi connectivity index (χ1v) is 13.2. The number of thioether (sulfide) groups is 2. The highest BCUT2D eigenvalue weighted by molar-refractivity contribution is 8.30. The summed E-state index contributed by atoms with van der Waals surface area (Å²) < 4.78 is 8.74. The zero-order valence-corrected chi connectivity index (χ0v) is 21.8. The van der Waals surface area contributed by atoms with E-state index in [1.165, 1.54) is 28.0 Å². The molecule has 10 heteroatoms. The topological polar surface area (TPSA) is 54.8 Å². The summed E-state index contributed by atoms with van der Waals surface area (Å²) in [6, 6.07) is 6.02. The van der Waals surface area contributed by atoms with E-state index in [1.54, 1.807) is 29.5 Å². The Bertz CT molecular complexity index is 1360. The van der Waals surface area contributed by atoms with E-state index in [0.29, 0.717) is 31.5 Å². The Kier molecular flexibility index (Phi) is 7.18. The molecule has 172 valence electrons. The van der Waals surface area contributed by atoms with Crippen LogP contribution in [0.5, 0.6) is 5.75 Å². The smallest absolute Gasteiger partial charge is 0.269 e. The van der Waals surface area contributed by atoms with Crippen molar-refractivity contribution >= 4 is 74.0 Å². The SMILES string of the molecule is C=CCN1C(=O)C(=c2sc(=CC=C3Sc4ccc(OC)cc4N3CC)c(=O)n2CC)SC1=S. The summed E-state index contributed by atoms with van der Waals surface area (Å²) in [5.74, 6) is 0.636. The van der Waals surface area contributed by atoms with Crippen molar-refractivity contribution in [2.24, 2.45) is 0 Å². The van der Waals surface area contributed by atoms with Crippen LogP contribution in [0.1, 0.15) is 13.8 Å². The van der Waals surface area contributed by atoms with E-state index in [0.717, 1.165) is 27.9 Å². The Hall–Kier alpha value is -2.27. The normalized spacial score (nSPS) is 19.1. The van der Waals surface area contributed by atoms with Crippen LogP contribution in [0.2, 0.25) is 0 Å². The molecule has 33 heavy (non-hydrogen) atoms. The number of rotatable bonds is 6. The van der Waals surface area contributed by atoms with Gasteiger partial charge in [-0.2, -0.15) is 0 Å². The van der Waals surface area contributed by atoms with Crippen molar-refractivity contribution < 1.29 is 9.53 Å². The summed E-state index contributed by atoms with van der Waals surface area (Å²) in [6.07, 6.45) is 5.47. The van der Waals surface area contributed by atoms with Crippen LogP contribution in [-0.2, 0) is 11.3 Å². The van der Waals surface area contributed by atoms with E-state index in [-0.39, 0.29) is 11.5 Å². The fraction of sp³-hybridized carbons (Fsp3) is 0.261. The molecule has 0 bridgehead atoms. The van der Waals surface area contributed by atoms with Gasteiger partial charge in [0.2, 0.25) is 0 Å². The number of thiocarbonyl (C=S) groups is 1. The number of thiazole rings is 1. The fourth-order valence-corrected chi connectivity index (χ4v) is 7.26. The van der Waals surface area contributed by atoms with E-state index in [9.17, 15) is 9.59 Å². The molecule has 3 heterocycles. The lowest BCUT2D eigenvalue weighted by Gasteiger charge is -2.18. The molecule has 0 spiro atoms. The van der Waals surface area contributed by atoms with Gasteiger partial charge in [0.15, 0.2) is 0 Å². The van der Waals surface area contributed by atoms with Gasteiger partial charge >= 0.3 is 0 Å². The van der Waals surface area contributed by atoms with E-state index in [4.69, 9.17) is 17.0 Å². The van der Waals surface area contributed by atoms with E-state index in [2.05, 4.69) is 18.4 Å². The molecule has 0 radical (unpaired) electrons. The standard InChI is InChI=1S/C23H23N3O3S4/c1-5-12-26-21(28)19(33-23(26)30)22-25(7-3)20(27)17(32-22)10-11-18-24(6-2)15-13-14(29-4)8-9-16(15)31-18/h5,8-11,13H,1,6-7,12H2,2-4H3. The molecular weight excluding hydrogens is 495 g/mol. The van der Waals surface area contributed by atoms with Gasteiger partial charge in [0, 0.05) is 30.6 Å². The molecule has 1 aromatic carbocycles. The minimum atomic E-state index is -0.175. The van der Waals surface area contributed by atoms with Crippen molar-refractivity contribution in [3.05, 3.63) is 61.5 Å². The third kappa shape index (κ3) is 4.32. The second-order valence-corrected chi connectivity index (χ2v) is 10.8. The number of benzene rings is 1. The predicted octanol–water partition coefficient (Wildman–Crippen LogP) is 3.35. The quantitative estimate of drug-likeness (QED) is 0.430. The number of fused-ring (bicyclic) bond motifs is 1. The molecule has 2 aromatic rings. The third-order valence-corrected chi connectivity index (χ3v) is 9.06. The lowest BCUT2D eigenvalue weighted by Crippen LogP contribution is -2.33. The summed E-state index contributed by atoms with van der Waals surface area (Å²) in [7, 11) is 1.66. The molecule has 0 aliphatic carbocycles. The lowest BCUT2D eigenvalue weighted by molar-refractivity contribution is -0.120. The largest absolute Gasteiger partial charge is 0.497 e. The van der Waals surface area contributed by atoms with Gasteiger partial charge < -0.3 is 9.64 Å². The molecule has 0 unspecified atom stereocenters. The van der Waals surface area contributed by atoms with Gasteiger partial charge in [-0.25, -0.2) is 0 Å². The predicted molar refractivity (Wildman–Crippen MR) is 143 cm³/mol. The molecular formula is C23H23N3O3S4. The number of hydrogen-bond donors (Lipinski definition) is 0. The van der Waals surface area contributed by atoms with Gasteiger partial charge in [0.1, 0.15) is 19.6 Å². The molecule has 2 aliphatic heterocycles. The molecule has 0 saturated carbocycles. The summed E-state index contributed by atoms with van der Waals surface area (Å²) >= 11 is 9.60. The molecule has 0 atom stereocenters. The van der Waals surface area contributed by atoms with Crippen LogP contribution < -0.4 is 24.4 Å². The second kappa shape index (κ2) is 9.92. The van der Waals surface area contributed by atoms with Crippen LogP contribution in [0.25, 0.3) is 11.0 Å². The minimum Gasteiger partial charge on any atom is -0.497 e. The molecule has 6 nitrogen and oxygen atoms in total. The summed E-state index contributed by atoms with van der Waals surface area (Å²) in [4.78, 5) is 31.4. The number of nitrogens with zero attached hydrogens (tertiary/aromatic N) is 3. The molecule has 1 aromatic heterocycles. The highest BCUT2D eigenvalue weighted by Gasteiger charge is 2.33. The Balaban J connectivity index is 1.78. The van der Waals surface area contributed by atoms with E-state index in [1.807, 2.05) is 37.3 Å². The monoisotopic (exact) mass is 517 g/mol. The zero-order valence-electron chi connectivity index (χ0n) is 18.5. The lowest BCUT2D eigenvalue weighted by atomic mass is 10.2. The first-order chi connectivity index (χ1) is 15.9. The van der Waals surface area contributed by atoms with E-state index < -0.39 is 0 Å². The molecule has 2 aliphatic rings. The average Bonchev–Trinajstić information content (AvgIpc) is 3.43. The average molecular weight is 518 g/mol. The van der Waals surface area contributed by atoms with Crippen molar-refractivity contribution in [2.45, 2.75) is 25.3 Å². The van der Waals surface area contributed by atoms with E-state index >= 15 is 0 Å². The fourth-order valence-electron chi connectivity index (χ4n) is 3.61. The number of amides is 1.